The molecule has 0 saturated heterocycles. The summed E-state index contributed by atoms with van der Waals surface area (Å²) in [5.41, 5.74) is 1.33. The molecule has 0 spiro atoms. The fraction of sp³-hybridized carbons (Fsp3) is 0.643. The Hall–Kier alpha value is -0.540. The summed E-state index contributed by atoms with van der Waals surface area (Å²) in [6.45, 7) is 8.68. The fourth-order valence-electron chi connectivity index (χ4n) is 1.50. The van der Waals surface area contributed by atoms with E-state index in [0.29, 0.717) is 5.92 Å². The van der Waals surface area contributed by atoms with Gasteiger partial charge in [-0.2, -0.15) is 0 Å². The van der Waals surface area contributed by atoms with E-state index in [1.165, 1.54) is 29.2 Å². The van der Waals surface area contributed by atoms with Crippen LogP contribution in [0, 0.1) is 5.92 Å². The van der Waals surface area contributed by atoms with Crippen LogP contribution in [-0.2, 0) is 6.54 Å². The summed E-state index contributed by atoms with van der Waals surface area (Å²) in [7, 11) is 0. The zero-order valence-corrected chi connectivity index (χ0v) is 12.0. The molecule has 0 aliphatic rings. The van der Waals surface area contributed by atoms with Gasteiger partial charge in [-0.25, -0.2) is 4.98 Å². The number of thioether (sulfide) groups is 1. The first-order chi connectivity index (χ1) is 8.24. The van der Waals surface area contributed by atoms with E-state index in [2.05, 4.69) is 37.1 Å². The topological polar surface area (TPSA) is 24.9 Å². The minimum Gasteiger partial charge on any atom is -0.312 e. The molecular formula is C14H24N2S. The van der Waals surface area contributed by atoms with Crippen molar-refractivity contribution in [3.63, 3.8) is 0 Å². The van der Waals surface area contributed by atoms with Gasteiger partial charge >= 0.3 is 0 Å². The van der Waals surface area contributed by atoms with E-state index in [-0.39, 0.29) is 0 Å². The average molecular weight is 252 g/mol. The lowest BCUT2D eigenvalue weighted by Crippen LogP contribution is -2.19. The average Bonchev–Trinajstić information content (AvgIpc) is 2.31. The minimum atomic E-state index is 0.697. The number of nitrogens with one attached hydrogen (secondary N) is 1. The summed E-state index contributed by atoms with van der Waals surface area (Å²) >= 11 is 1.88. The Morgan fingerprint density at radius 3 is 2.94 bits per heavy atom. The van der Waals surface area contributed by atoms with Crippen LogP contribution in [0.1, 0.15) is 39.2 Å². The molecule has 1 rings (SSSR count). The molecule has 0 amide bonds. The highest BCUT2D eigenvalue weighted by Crippen LogP contribution is 2.20. The van der Waals surface area contributed by atoms with Crippen LogP contribution in [0.4, 0.5) is 0 Å². The molecule has 0 unspecified atom stereocenters. The number of unbranched alkanes of at least 4 members (excludes halogenated alkanes) is 1. The molecular weight excluding hydrogens is 228 g/mol. The van der Waals surface area contributed by atoms with E-state index in [0.717, 1.165) is 13.1 Å². The molecule has 1 aromatic rings. The van der Waals surface area contributed by atoms with Gasteiger partial charge in [0.05, 0.1) is 0 Å². The van der Waals surface area contributed by atoms with Crippen molar-refractivity contribution >= 4 is 11.8 Å². The number of hydrogen-bond acceptors (Lipinski definition) is 3. The third-order valence-electron chi connectivity index (χ3n) is 2.45. The third-order valence-corrected chi connectivity index (χ3v) is 3.59. The molecule has 0 fully saturated rings. The predicted molar refractivity (Wildman–Crippen MR) is 76.4 cm³/mol. The van der Waals surface area contributed by atoms with Crippen LogP contribution in [0.2, 0.25) is 0 Å². The number of nitrogens with zero attached hydrogens (tertiary/aromatic N) is 1. The molecule has 0 aliphatic carbocycles. The van der Waals surface area contributed by atoms with E-state index >= 15 is 0 Å². The lowest BCUT2D eigenvalue weighted by Gasteiger charge is -2.10. The van der Waals surface area contributed by atoms with Gasteiger partial charge < -0.3 is 5.32 Å². The molecule has 3 heteroatoms. The Labute approximate surface area is 110 Å². The largest absolute Gasteiger partial charge is 0.312 e. The molecule has 17 heavy (non-hydrogen) atoms. The highest BCUT2D eigenvalue weighted by molar-refractivity contribution is 7.99. The van der Waals surface area contributed by atoms with E-state index in [1.54, 1.807) is 0 Å². The molecule has 1 heterocycles. The smallest absolute Gasteiger partial charge is 0.100 e. The third kappa shape index (κ3) is 6.08. The lowest BCUT2D eigenvalue weighted by molar-refractivity contribution is 0.549. The Bertz CT molecular complexity index is 313. The summed E-state index contributed by atoms with van der Waals surface area (Å²) in [6.07, 6.45) is 4.40. The van der Waals surface area contributed by atoms with Crippen LogP contribution in [0.3, 0.4) is 0 Å². The van der Waals surface area contributed by atoms with Gasteiger partial charge in [-0.1, -0.05) is 33.3 Å². The number of rotatable bonds is 8. The van der Waals surface area contributed by atoms with Gasteiger partial charge in [0.2, 0.25) is 0 Å². The second kappa shape index (κ2) is 8.54. The van der Waals surface area contributed by atoms with Gasteiger partial charge in [0.1, 0.15) is 5.03 Å². The van der Waals surface area contributed by atoms with Crippen LogP contribution in [0.5, 0.6) is 0 Å². The van der Waals surface area contributed by atoms with Crippen molar-refractivity contribution < 1.29 is 0 Å². The molecule has 0 radical (unpaired) electrons. The van der Waals surface area contributed by atoms with Crippen LogP contribution in [0.15, 0.2) is 23.4 Å². The van der Waals surface area contributed by atoms with Crippen molar-refractivity contribution in [2.75, 3.05) is 12.3 Å². The Morgan fingerprint density at radius 2 is 2.24 bits per heavy atom. The first-order valence-corrected chi connectivity index (χ1v) is 7.50. The van der Waals surface area contributed by atoms with Gasteiger partial charge in [-0.05, 0) is 36.3 Å². The second-order valence-corrected chi connectivity index (χ2v) is 5.78. The van der Waals surface area contributed by atoms with Crippen molar-refractivity contribution in [1.29, 1.82) is 0 Å². The molecule has 1 N–H and O–H groups in total. The first-order valence-electron chi connectivity index (χ1n) is 6.51. The van der Waals surface area contributed by atoms with Gasteiger partial charge in [-0.15, -0.1) is 11.8 Å². The molecule has 1 aromatic heterocycles. The Morgan fingerprint density at radius 1 is 1.41 bits per heavy atom. The Balaban J connectivity index is 2.46. The molecule has 0 aliphatic heterocycles. The quantitative estimate of drug-likeness (QED) is 0.564. The van der Waals surface area contributed by atoms with Crippen LogP contribution >= 0.6 is 11.8 Å². The van der Waals surface area contributed by atoms with Crippen LogP contribution in [-0.4, -0.2) is 17.3 Å². The summed E-state index contributed by atoms with van der Waals surface area (Å²) in [6, 6.07) is 4.20. The van der Waals surface area contributed by atoms with Gasteiger partial charge in [-0.3, -0.25) is 0 Å². The van der Waals surface area contributed by atoms with Crippen molar-refractivity contribution in [2.24, 2.45) is 5.92 Å². The van der Waals surface area contributed by atoms with E-state index in [4.69, 9.17) is 0 Å². The SMILES string of the molecule is CCCCSc1ncccc1CNCC(C)C. The second-order valence-electron chi connectivity index (χ2n) is 4.69. The minimum absolute atomic E-state index is 0.697. The summed E-state index contributed by atoms with van der Waals surface area (Å²) < 4.78 is 0. The van der Waals surface area contributed by atoms with Gasteiger partial charge in [0.25, 0.3) is 0 Å². The zero-order chi connectivity index (χ0) is 12.5. The zero-order valence-electron chi connectivity index (χ0n) is 11.2. The number of hydrogen-bond donors (Lipinski definition) is 1. The van der Waals surface area contributed by atoms with Gasteiger partial charge in [0.15, 0.2) is 0 Å². The maximum absolute atomic E-state index is 4.47. The molecule has 0 bridgehead atoms. The van der Waals surface area contributed by atoms with Crippen molar-refractivity contribution in [3.05, 3.63) is 23.9 Å². The normalized spacial score (nSPS) is 11.1. The van der Waals surface area contributed by atoms with Crippen LogP contribution < -0.4 is 5.32 Å². The predicted octanol–water partition coefficient (Wildman–Crippen LogP) is 3.72. The lowest BCUT2D eigenvalue weighted by atomic mass is 10.2. The maximum atomic E-state index is 4.47. The van der Waals surface area contributed by atoms with Crippen LogP contribution in [0.25, 0.3) is 0 Å². The van der Waals surface area contributed by atoms with Crippen molar-refractivity contribution in [1.82, 2.24) is 10.3 Å². The number of pyridine rings is 1. The molecule has 96 valence electrons. The summed E-state index contributed by atoms with van der Waals surface area (Å²) in [5, 5.41) is 4.67. The van der Waals surface area contributed by atoms with E-state index in [1.807, 2.05) is 24.0 Å². The molecule has 2 nitrogen and oxygen atoms in total. The monoisotopic (exact) mass is 252 g/mol. The maximum Gasteiger partial charge on any atom is 0.100 e. The first kappa shape index (κ1) is 14.5. The summed E-state index contributed by atoms with van der Waals surface area (Å²) in [4.78, 5) is 4.47. The standard InChI is InChI=1S/C14H24N2S/c1-4-5-9-17-14-13(7-6-8-16-14)11-15-10-12(2)3/h6-8,12,15H,4-5,9-11H2,1-3H3. The highest BCUT2D eigenvalue weighted by atomic mass is 32.2. The Kier molecular flexibility index (Phi) is 7.29. The van der Waals surface area contributed by atoms with Gasteiger partial charge in [0, 0.05) is 12.7 Å². The van der Waals surface area contributed by atoms with Crippen molar-refractivity contribution in [3.8, 4) is 0 Å². The molecule has 0 aromatic carbocycles. The van der Waals surface area contributed by atoms with Crippen molar-refractivity contribution in [2.45, 2.75) is 45.2 Å². The van der Waals surface area contributed by atoms with E-state index in [9.17, 15) is 0 Å². The number of aromatic nitrogens is 1. The fourth-order valence-corrected chi connectivity index (χ4v) is 2.58. The summed E-state index contributed by atoms with van der Waals surface area (Å²) in [5.74, 6) is 1.87. The molecule has 0 saturated carbocycles. The highest BCUT2D eigenvalue weighted by Gasteiger charge is 2.03. The molecule has 0 atom stereocenters. The van der Waals surface area contributed by atoms with E-state index < -0.39 is 0 Å².